The van der Waals surface area contributed by atoms with Crippen molar-refractivity contribution in [2.75, 3.05) is 18.1 Å². The summed E-state index contributed by atoms with van der Waals surface area (Å²) in [5.41, 5.74) is 0.137. The lowest BCUT2D eigenvalue weighted by molar-refractivity contribution is -0.148. The van der Waals surface area contributed by atoms with E-state index in [0.717, 1.165) is 17.4 Å². The van der Waals surface area contributed by atoms with E-state index in [1.165, 1.54) is 12.8 Å². The fraction of sp³-hybridized carbons (Fsp3) is 0.714. The largest absolute Gasteiger partial charge is 0.465 e. The Labute approximate surface area is 118 Å². The van der Waals surface area contributed by atoms with E-state index >= 15 is 0 Å². The Kier molecular flexibility index (Phi) is 4.13. The van der Waals surface area contributed by atoms with E-state index in [2.05, 4.69) is 16.8 Å². The summed E-state index contributed by atoms with van der Waals surface area (Å²) in [4.78, 5) is 19.0. The highest BCUT2D eigenvalue weighted by Crippen LogP contribution is 2.35. The van der Waals surface area contributed by atoms with Crippen LogP contribution in [0.3, 0.4) is 0 Å². The average Bonchev–Trinajstić information content (AvgIpc) is 3.07. The van der Waals surface area contributed by atoms with Gasteiger partial charge in [0.05, 0.1) is 12.3 Å². The summed E-state index contributed by atoms with van der Waals surface area (Å²) in [6, 6.07) is 0.648. The van der Waals surface area contributed by atoms with Crippen molar-refractivity contribution in [1.82, 2.24) is 4.98 Å². The second-order valence-electron chi connectivity index (χ2n) is 5.38. The van der Waals surface area contributed by atoms with Gasteiger partial charge in [0.25, 0.3) is 0 Å². The Bertz CT molecular complexity index is 452. The average molecular weight is 282 g/mol. The number of nitrogens with zero attached hydrogens (tertiary/aromatic N) is 2. The van der Waals surface area contributed by atoms with Crippen LogP contribution in [-0.4, -0.2) is 30.1 Å². The summed E-state index contributed by atoms with van der Waals surface area (Å²) in [7, 11) is 0. The molecule has 5 heteroatoms. The molecule has 1 aliphatic rings. The quantitative estimate of drug-likeness (QED) is 0.752. The number of rotatable bonds is 6. The van der Waals surface area contributed by atoms with E-state index < -0.39 is 5.41 Å². The summed E-state index contributed by atoms with van der Waals surface area (Å²) in [6.07, 6.45) is 2.51. The Morgan fingerprint density at radius 1 is 1.53 bits per heavy atom. The monoisotopic (exact) mass is 282 g/mol. The first-order valence-electron chi connectivity index (χ1n) is 6.90. The van der Waals surface area contributed by atoms with Gasteiger partial charge in [-0.1, -0.05) is 0 Å². The van der Waals surface area contributed by atoms with Crippen LogP contribution in [0.5, 0.6) is 0 Å². The van der Waals surface area contributed by atoms with E-state index in [9.17, 15) is 4.79 Å². The number of carbonyl (C=O) groups is 1. The Morgan fingerprint density at radius 2 is 2.21 bits per heavy atom. The molecule has 0 atom stereocenters. The molecule has 1 aromatic heterocycles. The fourth-order valence-electron chi connectivity index (χ4n) is 2.04. The van der Waals surface area contributed by atoms with Crippen molar-refractivity contribution in [3.05, 3.63) is 11.1 Å². The first-order chi connectivity index (χ1) is 9.00. The number of hydrogen-bond acceptors (Lipinski definition) is 5. The third kappa shape index (κ3) is 2.91. The lowest BCUT2D eigenvalue weighted by Gasteiger charge is -2.21. The maximum absolute atomic E-state index is 12.0. The number of esters is 1. The predicted octanol–water partition coefficient (Wildman–Crippen LogP) is 2.97. The number of carbonyl (C=O) groups excluding carboxylic acids is 1. The maximum Gasteiger partial charge on any atom is 0.317 e. The van der Waals surface area contributed by atoms with Gasteiger partial charge in [-0.3, -0.25) is 4.79 Å². The summed E-state index contributed by atoms with van der Waals surface area (Å²) in [5, 5.41) is 3.01. The van der Waals surface area contributed by atoms with Gasteiger partial charge in [-0.15, -0.1) is 11.3 Å². The molecule has 0 amide bonds. The number of anilines is 1. The molecule has 0 saturated heterocycles. The summed E-state index contributed by atoms with van der Waals surface area (Å²) in [5.74, 6) is -0.207. The van der Waals surface area contributed by atoms with Gasteiger partial charge in [0.2, 0.25) is 0 Å². The molecule has 19 heavy (non-hydrogen) atoms. The molecule has 0 radical (unpaired) electrons. The van der Waals surface area contributed by atoms with Crippen molar-refractivity contribution < 1.29 is 9.53 Å². The van der Waals surface area contributed by atoms with Gasteiger partial charge < -0.3 is 9.64 Å². The summed E-state index contributed by atoms with van der Waals surface area (Å²) >= 11 is 1.62. The molecule has 0 bridgehead atoms. The van der Waals surface area contributed by atoms with E-state index in [-0.39, 0.29) is 5.97 Å². The van der Waals surface area contributed by atoms with Crippen molar-refractivity contribution in [3.8, 4) is 0 Å². The van der Waals surface area contributed by atoms with Gasteiger partial charge in [-0.25, -0.2) is 4.98 Å². The molecule has 1 heterocycles. The van der Waals surface area contributed by atoms with Crippen LogP contribution in [0.15, 0.2) is 5.38 Å². The normalized spacial score (nSPS) is 15.4. The fourth-order valence-corrected chi connectivity index (χ4v) is 3.16. The SMILES string of the molecule is CCOC(=O)C(C)(C)c1csc(N(CC)C2CC2)n1. The molecule has 1 aromatic rings. The van der Waals surface area contributed by atoms with Crippen LogP contribution >= 0.6 is 11.3 Å². The lowest BCUT2D eigenvalue weighted by Crippen LogP contribution is -2.32. The van der Waals surface area contributed by atoms with Crippen LogP contribution in [0, 0.1) is 0 Å². The van der Waals surface area contributed by atoms with Crippen LogP contribution in [0.25, 0.3) is 0 Å². The van der Waals surface area contributed by atoms with Crippen molar-refractivity contribution >= 4 is 22.4 Å². The number of thiazole rings is 1. The molecule has 1 aliphatic carbocycles. The zero-order chi connectivity index (χ0) is 14.0. The van der Waals surface area contributed by atoms with Gasteiger partial charge in [0, 0.05) is 18.0 Å². The van der Waals surface area contributed by atoms with Crippen molar-refractivity contribution in [1.29, 1.82) is 0 Å². The molecule has 0 aliphatic heterocycles. The van der Waals surface area contributed by atoms with Gasteiger partial charge >= 0.3 is 5.97 Å². The third-order valence-electron chi connectivity index (χ3n) is 3.49. The number of aromatic nitrogens is 1. The zero-order valence-electron chi connectivity index (χ0n) is 12.1. The standard InChI is InChI=1S/C14H22N2O2S/c1-5-16(10-7-8-10)13-15-11(9-19-13)14(3,4)12(17)18-6-2/h9-10H,5-8H2,1-4H3. The van der Waals surface area contributed by atoms with Crippen molar-refractivity contribution in [2.45, 2.75) is 52.0 Å². The third-order valence-corrected chi connectivity index (χ3v) is 4.37. The molecule has 4 nitrogen and oxygen atoms in total. The van der Waals surface area contributed by atoms with Gasteiger partial charge in [-0.2, -0.15) is 0 Å². The minimum atomic E-state index is -0.673. The smallest absolute Gasteiger partial charge is 0.317 e. The second kappa shape index (κ2) is 5.49. The Hall–Kier alpha value is -1.10. The van der Waals surface area contributed by atoms with Gasteiger partial charge in [0.1, 0.15) is 5.41 Å². The summed E-state index contributed by atoms with van der Waals surface area (Å²) < 4.78 is 5.13. The molecule has 0 unspecified atom stereocenters. The Morgan fingerprint density at radius 3 is 2.74 bits per heavy atom. The van der Waals surface area contributed by atoms with Crippen molar-refractivity contribution in [3.63, 3.8) is 0 Å². The molecule has 106 valence electrons. The van der Waals surface area contributed by atoms with Crippen LogP contribution in [0.2, 0.25) is 0 Å². The molecule has 2 rings (SSSR count). The Balaban J connectivity index is 2.17. The molecular formula is C14H22N2O2S. The molecule has 0 spiro atoms. The maximum atomic E-state index is 12.0. The number of ether oxygens (including phenoxy) is 1. The van der Waals surface area contributed by atoms with Gasteiger partial charge in [-0.05, 0) is 40.5 Å². The summed E-state index contributed by atoms with van der Waals surface area (Å²) in [6.45, 7) is 9.09. The molecule has 1 saturated carbocycles. The van der Waals surface area contributed by atoms with E-state index in [1.54, 1.807) is 11.3 Å². The molecular weight excluding hydrogens is 260 g/mol. The first-order valence-corrected chi connectivity index (χ1v) is 7.78. The van der Waals surface area contributed by atoms with Crippen LogP contribution in [-0.2, 0) is 14.9 Å². The topological polar surface area (TPSA) is 42.4 Å². The highest BCUT2D eigenvalue weighted by atomic mass is 32.1. The highest BCUT2D eigenvalue weighted by Gasteiger charge is 2.36. The molecule has 0 aromatic carbocycles. The minimum absolute atomic E-state index is 0.207. The highest BCUT2D eigenvalue weighted by molar-refractivity contribution is 7.13. The molecule has 1 fully saturated rings. The van der Waals surface area contributed by atoms with Crippen LogP contribution < -0.4 is 4.90 Å². The zero-order valence-corrected chi connectivity index (χ0v) is 12.9. The van der Waals surface area contributed by atoms with E-state index in [4.69, 9.17) is 4.74 Å². The number of hydrogen-bond donors (Lipinski definition) is 0. The van der Waals surface area contributed by atoms with Gasteiger partial charge in [0.15, 0.2) is 5.13 Å². The van der Waals surface area contributed by atoms with Crippen molar-refractivity contribution in [2.24, 2.45) is 0 Å². The van der Waals surface area contributed by atoms with Crippen LogP contribution in [0.1, 0.15) is 46.2 Å². The second-order valence-corrected chi connectivity index (χ2v) is 6.21. The van der Waals surface area contributed by atoms with Crippen LogP contribution in [0.4, 0.5) is 5.13 Å². The lowest BCUT2D eigenvalue weighted by atomic mass is 9.90. The van der Waals surface area contributed by atoms with E-state index in [0.29, 0.717) is 12.6 Å². The van der Waals surface area contributed by atoms with E-state index in [1.807, 2.05) is 26.2 Å². The predicted molar refractivity (Wildman–Crippen MR) is 77.8 cm³/mol. The minimum Gasteiger partial charge on any atom is -0.465 e. The first kappa shape index (κ1) is 14.3. The molecule has 0 N–H and O–H groups in total.